The van der Waals surface area contributed by atoms with E-state index in [4.69, 9.17) is 4.74 Å². The Morgan fingerprint density at radius 1 is 1.10 bits per heavy atom. The van der Waals surface area contributed by atoms with Crippen molar-refractivity contribution in [3.63, 3.8) is 0 Å². The Kier molecular flexibility index (Phi) is 8.42. The van der Waals surface area contributed by atoms with Crippen molar-refractivity contribution in [2.45, 2.75) is 55.1 Å². The number of rotatable bonds is 0. The number of hydrogen-bond acceptors (Lipinski definition) is 2. The third-order valence-corrected chi connectivity index (χ3v) is 3.19. The number of halogens is 3. The Morgan fingerprint density at radius 2 is 1.62 bits per heavy atom. The maximum atomic E-state index is 12.3. The van der Waals surface area contributed by atoms with Gasteiger partial charge in [-0.05, 0) is 33.3 Å². The molecule has 124 valence electrons. The van der Waals surface area contributed by atoms with Crippen molar-refractivity contribution >= 4 is 0 Å². The summed E-state index contributed by atoms with van der Waals surface area (Å²) in [5.74, 6) is 1.12. The van der Waals surface area contributed by atoms with E-state index in [0.29, 0.717) is 0 Å². The molecular formula is C15H27F3N2O. The highest BCUT2D eigenvalue weighted by Crippen LogP contribution is 2.33. The summed E-state index contributed by atoms with van der Waals surface area (Å²) in [6.07, 6.45) is -3.16. The number of allylic oxidation sites excluding steroid dienone is 1. The van der Waals surface area contributed by atoms with E-state index in [1.807, 2.05) is 6.92 Å². The van der Waals surface area contributed by atoms with Gasteiger partial charge in [-0.3, -0.25) is 4.68 Å². The van der Waals surface area contributed by atoms with E-state index in [0.717, 1.165) is 18.8 Å². The molecule has 1 aliphatic rings. The highest BCUT2D eigenvalue weighted by atomic mass is 19.4. The van der Waals surface area contributed by atoms with Gasteiger partial charge in [-0.2, -0.15) is 18.3 Å². The molecule has 0 bridgehead atoms. The third kappa shape index (κ3) is 5.44. The van der Waals surface area contributed by atoms with Gasteiger partial charge in [0.2, 0.25) is 0 Å². The zero-order chi connectivity index (χ0) is 14.8. The van der Waals surface area contributed by atoms with E-state index in [2.05, 4.69) is 12.0 Å². The van der Waals surface area contributed by atoms with Crippen molar-refractivity contribution in [1.82, 2.24) is 9.78 Å². The molecule has 0 aromatic carbocycles. The molecule has 0 atom stereocenters. The quantitative estimate of drug-likeness (QED) is 0.672. The zero-order valence-corrected chi connectivity index (χ0v) is 11.9. The lowest BCUT2D eigenvalue weighted by Crippen LogP contribution is -2.08. The highest BCUT2D eigenvalue weighted by molar-refractivity contribution is 5.27. The SMILES string of the molecule is C.C.CC1=C(C)OCC1.Cc1nn(C)c(C)c1C(F)(F)F. The van der Waals surface area contributed by atoms with Crippen LogP contribution < -0.4 is 0 Å². The Bertz CT molecular complexity index is 476. The van der Waals surface area contributed by atoms with Crippen LogP contribution in [0.2, 0.25) is 0 Å². The Labute approximate surface area is 125 Å². The van der Waals surface area contributed by atoms with Gasteiger partial charge >= 0.3 is 6.18 Å². The smallest absolute Gasteiger partial charge is 0.419 e. The predicted molar refractivity (Wildman–Crippen MR) is 80.1 cm³/mol. The first-order valence-corrected chi connectivity index (χ1v) is 6.01. The lowest BCUT2D eigenvalue weighted by atomic mass is 10.2. The van der Waals surface area contributed by atoms with Crippen molar-refractivity contribution in [2.75, 3.05) is 6.61 Å². The summed E-state index contributed by atoms with van der Waals surface area (Å²) in [6, 6.07) is 0. The summed E-state index contributed by atoms with van der Waals surface area (Å²) in [7, 11) is 1.50. The fraction of sp³-hybridized carbons (Fsp3) is 0.667. The molecule has 0 N–H and O–H groups in total. The minimum absolute atomic E-state index is 0. The van der Waals surface area contributed by atoms with Crippen LogP contribution >= 0.6 is 0 Å². The molecule has 1 aromatic heterocycles. The Balaban J connectivity index is 0. The molecule has 1 aromatic rings. The first-order chi connectivity index (χ1) is 8.64. The van der Waals surface area contributed by atoms with Crippen LogP contribution in [-0.4, -0.2) is 16.4 Å². The summed E-state index contributed by atoms with van der Waals surface area (Å²) < 4.78 is 43.2. The van der Waals surface area contributed by atoms with Crippen LogP contribution in [0.5, 0.6) is 0 Å². The number of nitrogens with zero attached hydrogens (tertiary/aromatic N) is 2. The van der Waals surface area contributed by atoms with E-state index in [-0.39, 0.29) is 26.2 Å². The number of ether oxygens (including phenoxy) is 1. The number of hydrogen-bond donors (Lipinski definition) is 0. The summed E-state index contributed by atoms with van der Waals surface area (Å²) in [5.41, 5.74) is 0.965. The molecule has 0 saturated carbocycles. The van der Waals surface area contributed by atoms with E-state index >= 15 is 0 Å². The van der Waals surface area contributed by atoms with Crippen molar-refractivity contribution in [1.29, 1.82) is 0 Å². The lowest BCUT2D eigenvalue weighted by Gasteiger charge is -2.05. The highest BCUT2D eigenvalue weighted by Gasteiger charge is 2.36. The lowest BCUT2D eigenvalue weighted by molar-refractivity contribution is -0.138. The van der Waals surface area contributed by atoms with Gasteiger partial charge in [0.05, 0.1) is 23.6 Å². The van der Waals surface area contributed by atoms with Crippen LogP contribution in [0.3, 0.4) is 0 Å². The molecule has 0 saturated heterocycles. The van der Waals surface area contributed by atoms with Gasteiger partial charge < -0.3 is 4.74 Å². The van der Waals surface area contributed by atoms with Gasteiger partial charge in [-0.15, -0.1) is 0 Å². The van der Waals surface area contributed by atoms with Gasteiger partial charge in [0.15, 0.2) is 0 Å². The largest absolute Gasteiger partial charge is 0.498 e. The normalized spacial score (nSPS) is 13.7. The molecule has 21 heavy (non-hydrogen) atoms. The number of aryl methyl sites for hydroxylation is 2. The van der Waals surface area contributed by atoms with E-state index in [9.17, 15) is 13.2 Å². The van der Waals surface area contributed by atoms with E-state index in [1.54, 1.807) is 0 Å². The molecule has 0 unspecified atom stereocenters. The average molecular weight is 308 g/mol. The first kappa shape index (κ1) is 21.8. The Hall–Kier alpha value is -1.46. The average Bonchev–Trinajstić information content (AvgIpc) is 2.72. The second-order valence-corrected chi connectivity index (χ2v) is 4.60. The summed E-state index contributed by atoms with van der Waals surface area (Å²) in [4.78, 5) is 0. The summed E-state index contributed by atoms with van der Waals surface area (Å²) >= 11 is 0. The van der Waals surface area contributed by atoms with Crippen LogP contribution in [0.15, 0.2) is 11.3 Å². The van der Waals surface area contributed by atoms with Crippen molar-refractivity contribution < 1.29 is 17.9 Å². The van der Waals surface area contributed by atoms with Gasteiger partial charge in [0.1, 0.15) is 0 Å². The van der Waals surface area contributed by atoms with E-state index in [1.165, 1.54) is 31.2 Å². The monoisotopic (exact) mass is 308 g/mol. The molecule has 2 rings (SSSR count). The van der Waals surface area contributed by atoms with Gasteiger partial charge in [0, 0.05) is 19.2 Å². The van der Waals surface area contributed by atoms with Crippen molar-refractivity contribution in [3.05, 3.63) is 28.3 Å². The minimum Gasteiger partial charge on any atom is -0.498 e. The maximum absolute atomic E-state index is 12.3. The zero-order valence-electron chi connectivity index (χ0n) is 11.9. The molecule has 0 aliphatic carbocycles. The summed E-state index contributed by atoms with van der Waals surface area (Å²) in [5, 5.41) is 3.67. The number of alkyl halides is 3. The predicted octanol–water partition coefficient (Wildman–Crippen LogP) is 5.03. The van der Waals surface area contributed by atoms with Gasteiger partial charge in [-0.25, -0.2) is 0 Å². The fourth-order valence-corrected chi connectivity index (χ4v) is 1.84. The molecular weight excluding hydrogens is 281 g/mol. The fourth-order valence-electron chi connectivity index (χ4n) is 1.84. The molecule has 0 fully saturated rings. The topological polar surface area (TPSA) is 27.1 Å². The maximum Gasteiger partial charge on any atom is 0.419 e. The second-order valence-electron chi connectivity index (χ2n) is 4.60. The minimum atomic E-state index is -4.29. The van der Waals surface area contributed by atoms with Crippen LogP contribution in [0.1, 0.15) is 52.1 Å². The first-order valence-electron chi connectivity index (χ1n) is 6.01. The molecule has 0 radical (unpaired) electrons. The van der Waals surface area contributed by atoms with Gasteiger partial charge in [-0.1, -0.05) is 14.9 Å². The molecule has 2 heterocycles. The second kappa shape index (κ2) is 8.10. The molecule has 6 heteroatoms. The molecule has 0 spiro atoms. The van der Waals surface area contributed by atoms with Crippen LogP contribution in [-0.2, 0) is 18.0 Å². The van der Waals surface area contributed by atoms with Gasteiger partial charge in [0.25, 0.3) is 0 Å². The molecule has 3 nitrogen and oxygen atoms in total. The third-order valence-electron chi connectivity index (χ3n) is 3.19. The molecule has 0 amide bonds. The van der Waals surface area contributed by atoms with Crippen LogP contribution in [0.4, 0.5) is 13.2 Å². The standard InChI is InChI=1S/C7H9F3N2.C6H10O.2CH4/c1-4-6(7(8,9)10)5(2)12(3)11-4;1-5-3-4-7-6(5)2;;/h1-3H3;3-4H2,1-2H3;2*1H4. The molecule has 1 aliphatic heterocycles. The Morgan fingerprint density at radius 3 is 1.76 bits per heavy atom. The number of aromatic nitrogens is 2. The van der Waals surface area contributed by atoms with Crippen LogP contribution in [0.25, 0.3) is 0 Å². The van der Waals surface area contributed by atoms with Crippen molar-refractivity contribution in [2.24, 2.45) is 7.05 Å². The van der Waals surface area contributed by atoms with Crippen molar-refractivity contribution in [3.8, 4) is 0 Å². The summed E-state index contributed by atoms with van der Waals surface area (Å²) in [6.45, 7) is 7.79. The van der Waals surface area contributed by atoms with Crippen LogP contribution in [0, 0.1) is 13.8 Å². The van der Waals surface area contributed by atoms with E-state index < -0.39 is 11.7 Å².